The molecule has 2 N–H and O–H groups in total. The fourth-order valence-electron chi connectivity index (χ4n) is 2.73. The Labute approximate surface area is 140 Å². The summed E-state index contributed by atoms with van der Waals surface area (Å²) >= 11 is 0. The van der Waals surface area contributed by atoms with Gasteiger partial charge in [-0.3, -0.25) is 14.6 Å². The minimum atomic E-state index is -0.211. The van der Waals surface area contributed by atoms with Crippen LogP contribution in [0.25, 0.3) is 11.3 Å². The van der Waals surface area contributed by atoms with Crippen LogP contribution >= 0.6 is 0 Å². The number of benzene rings is 1. The molecule has 3 rings (SSSR count). The van der Waals surface area contributed by atoms with E-state index in [9.17, 15) is 4.79 Å². The van der Waals surface area contributed by atoms with Crippen LogP contribution in [0.4, 0.5) is 5.69 Å². The van der Waals surface area contributed by atoms with Crippen LogP contribution in [0.2, 0.25) is 0 Å². The third kappa shape index (κ3) is 2.95. The molecule has 24 heavy (non-hydrogen) atoms. The number of carbonyl (C=O) groups excluding carboxylic acids is 1. The summed E-state index contributed by atoms with van der Waals surface area (Å²) in [6.45, 7) is 6.02. The number of aryl methyl sites for hydroxylation is 3. The van der Waals surface area contributed by atoms with Crippen LogP contribution in [0.15, 0.2) is 30.3 Å². The van der Waals surface area contributed by atoms with Crippen LogP contribution < -0.4 is 5.32 Å². The number of H-pyrrole nitrogens is 1. The lowest BCUT2D eigenvalue weighted by molar-refractivity contribution is 0.102. The van der Waals surface area contributed by atoms with Gasteiger partial charge in [-0.1, -0.05) is 19.1 Å². The van der Waals surface area contributed by atoms with Crippen molar-refractivity contribution in [2.45, 2.75) is 27.2 Å². The zero-order chi connectivity index (χ0) is 17.3. The van der Waals surface area contributed by atoms with Gasteiger partial charge in [0.2, 0.25) is 0 Å². The number of nitrogens with one attached hydrogen (secondary N) is 2. The standard InChI is InChI=1S/C18H21N5O/c1-5-13-6-8-14(9-7-13)19-18(24)16-10-15(20-21-16)17-11(2)22-23(4)12(17)3/h6-10H,5H2,1-4H3,(H,19,24)(H,20,21). The Morgan fingerprint density at radius 3 is 2.54 bits per heavy atom. The Hall–Kier alpha value is -2.89. The average molecular weight is 323 g/mol. The van der Waals surface area contributed by atoms with Crippen molar-refractivity contribution in [3.8, 4) is 11.3 Å². The largest absolute Gasteiger partial charge is 0.321 e. The van der Waals surface area contributed by atoms with Crippen molar-refractivity contribution in [2.75, 3.05) is 5.32 Å². The number of aromatic amines is 1. The molecule has 0 bridgehead atoms. The summed E-state index contributed by atoms with van der Waals surface area (Å²) in [4.78, 5) is 12.4. The smallest absolute Gasteiger partial charge is 0.273 e. The lowest BCUT2D eigenvalue weighted by atomic mass is 10.1. The lowest BCUT2D eigenvalue weighted by Gasteiger charge is -2.04. The van der Waals surface area contributed by atoms with E-state index in [2.05, 4.69) is 27.5 Å². The zero-order valence-corrected chi connectivity index (χ0v) is 14.3. The van der Waals surface area contributed by atoms with Crippen LogP contribution in [0.5, 0.6) is 0 Å². The minimum Gasteiger partial charge on any atom is -0.321 e. The monoisotopic (exact) mass is 323 g/mol. The molecule has 1 aromatic carbocycles. The fraction of sp³-hybridized carbons (Fsp3) is 0.278. The second kappa shape index (κ2) is 6.31. The van der Waals surface area contributed by atoms with Gasteiger partial charge < -0.3 is 5.32 Å². The van der Waals surface area contributed by atoms with E-state index in [0.717, 1.165) is 34.8 Å². The van der Waals surface area contributed by atoms with Gasteiger partial charge in [0.15, 0.2) is 0 Å². The van der Waals surface area contributed by atoms with Crippen molar-refractivity contribution < 1.29 is 4.79 Å². The topological polar surface area (TPSA) is 75.6 Å². The summed E-state index contributed by atoms with van der Waals surface area (Å²) in [5.74, 6) is -0.211. The van der Waals surface area contributed by atoms with Gasteiger partial charge in [0, 0.05) is 24.0 Å². The predicted molar refractivity (Wildman–Crippen MR) is 94.0 cm³/mol. The van der Waals surface area contributed by atoms with Gasteiger partial charge in [0.1, 0.15) is 5.69 Å². The molecule has 0 aliphatic rings. The highest BCUT2D eigenvalue weighted by atomic mass is 16.1. The molecule has 6 heteroatoms. The molecular weight excluding hydrogens is 302 g/mol. The average Bonchev–Trinajstić information content (AvgIpc) is 3.13. The van der Waals surface area contributed by atoms with Gasteiger partial charge >= 0.3 is 0 Å². The van der Waals surface area contributed by atoms with Crippen LogP contribution in [0.3, 0.4) is 0 Å². The maximum absolute atomic E-state index is 12.4. The first-order valence-corrected chi connectivity index (χ1v) is 7.96. The minimum absolute atomic E-state index is 0.211. The van der Waals surface area contributed by atoms with E-state index in [1.54, 1.807) is 6.07 Å². The SMILES string of the molecule is CCc1ccc(NC(=O)c2cc(-c3c(C)nn(C)c3C)n[nH]2)cc1. The molecule has 0 spiro atoms. The molecule has 3 aromatic rings. The second-order valence-electron chi connectivity index (χ2n) is 5.84. The Morgan fingerprint density at radius 2 is 1.96 bits per heavy atom. The first kappa shape index (κ1) is 16.0. The first-order valence-electron chi connectivity index (χ1n) is 7.96. The molecule has 0 fully saturated rings. The third-order valence-electron chi connectivity index (χ3n) is 4.21. The highest BCUT2D eigenvalue weighted by molar-refractivity contribution is 6.03. The molecular formula is C18H21N5O. The van der Waals surface area contributed by atoms with E-state index < -0.39 is 0 Å². The molecule has 1 amide bonds. The number of hydrogen-bond acceptors (Lipinski definition) is 3. The summed E-state index contributed by atoms with van der Waals surface area (Å²) < 4.78 is 1.81. The molecule has 0 radical (unpaired) electrons. The molecule has 0 aliphatic heterocycles. The third-order valence-corrected chi connectivity index (χ3v) is 4.21. The van der Waals surface area contributed by atoms with Gasteiger partial charge in [-0.2, -0.15) is 10.2 Å². The normalized spacial score (nSPS) is 10.8. The predicted octanol–water partition coefficient (Wildman–Crippen LogP) is 3.24. The van der Waals surface area contributed by atoms with E-state index in [1.165, 1.54) is 5.56 Å². The van der Waals surface area contributed by atoms with Crippen molar-refractivity contribution in [1.29, 1.82) is 0 Å². The van der Waals surface area contributed by atoms with Crippen LogP contribution in [-0.4, -0.2) is 25.9 Å². The number of aromatic nitrogens is 4. The number of nitrogens with zero attached hydrogens (tertiary/aromatic N) is 3. The number of carbonyl (C=O) groups is 1. The van der Waals surface area contributed by atoms with E-state index >= 15 is 0 Å². The number of anilines is 1. The Bertz CT molecular complexity index is 873. The molecule has 2 heterocycles. The molecule has 0 atom stereocenters. The molecule has 0 saturated heterocycles. The van der Waals surface area contributed by atoms with Crippen LogP contribution in [0.1, 0.15) is 34.4 Å². The Balaban J connectivity index is 1.80. The van der Waals surface area contributed by atoms with E-state index in [4.69, 9.17) is 0 Å². The van der Waals surface area contributed by atoms with Gasteiger partial charge in [0.25, 0.3) is 5.91 Å². The van der Waals surface area contributed by atoms with Crippen LogP contribution in [-0.2, 0) is 13.5 Å². The summed E-state index contributed by atoms with van der Waals surface area (Å²) in [6, 6.07) is 9.59. The number of amides is 1. The zero-order valence-electron chi connectivity index (χ0n) is 14.3. The summed E-state index contributed by atoms with van der Waals surface area (Å²) in [5, 5.41) is 14.3. The fourth-order valence-corrected chi connectivity index (χ4v) is 2.73. The maximum atomic E-state index is 12.4. The summed E-state index contributed by atoms with van der Waals surface area (Å²) in [5.41, 5.74) is 6.02. The second-order valence-corrected chi connectivity index (χ2v) is 5.84. The Morgan fingerprint density at radius 1 is 1.25 bits per heavy atom. The van der Waals surface area contributed by atoms with Crippen molar-refractivity contribution in [1.82, 2.24) is 20.0 Å². The molecule has 0 saturated carbocycles. The van der Waals surface area contributed by atoms with Gasteiger partial charge in [-0.15, -0.1) is 0 Å². The summed E-state index contributed by atoms with van der Waals surface area (Å²) in [6.07, 6.45) is 0.974. The number of rotatable bonds is 4. The highest BCUT2D eigenvalue weighted by Crippen LogP contribution is 2.25. The van der Waals surface area contributed by atoms with Crippen molar-refractivity contribution in [3.63, 3.8) is 0 Å². The van der Waals surface area contributed by atoms with Crippen LogP contribution in [0, 0.1) is 13.8 Å². The molecule has 0 aliphatic carbocycles. The van der Waals surface area contributed by atoms with E-state index in [1.807, 2.05) is 49.8 Å². The molecule has 0 unspecified atom stereocenters. The lowest BCUT2D eigenvalue weighted by Crippen LogP contribution is -2.12. The van der Waals surface area contributed by atoms with Gasteiger partial charge in [0.05, 0.1) is 11.4 Å². The van der Waals surface area contributed by atoms with E-state index in [-0.39, 0.29) is 5.91 Å². The van der Waals surface area contributed by atoms with Crippen molar-refractivity contribution in [2.24, 2.45) is 7.05 Å². The van der Waals surface area contributed by atoms with Gasteiger partial charge in [-0.25, -0.2) is 0 Å². The van der Waals surface area contributed by atoms with E-state index in [0.29, 0.717) is 5.69 Å². The first-order chi connectivity index (χ1) is 11.5. The summed E-state index contributed by atoms with van der Waals surface area (Å²) in [7, 11) is 1.89. The Kier molecular flexibility index (Phi) is 4.20. The van der Waals surface area contributed by atoms with Crippen molar-refractivity contribution in [3.05, 3.63) is 53.0 Å². The molecule has 6 nitrogen and oxygen atoms in total. The quantitative estimate of drug-likeness (QED) is 0.774. The van der Waals surface area contributed by atoms with Gasteiger partial charge in [-0.05, 0) is 44.0 Å². The highest BCUT2D eigenvalue weighted by Gasteiger charge is 2.17. The molecule has 2 aromatic heterocycles. The maximum Gasteiger partial charge on any atom is 0.273 e. The van der Waals surface area contributed by atoms with Crippen molar-refractivity contribution >= 4 is 11.6 Å². The molecule has 124 valence electrons. The number of hydrogen-bond donors (Lipinski definition) is 2.